The Morgan fingerprint density at radius 3 is 2.67 bits per heavy atom. The van der Waals surface area contributed by atoms with Gasteiger partial charge in [0.05, 0.1) is 36.4 Å². The zero-order valence-corrected chi connectivity index (χ0v) is 16.6. The Kier molecular flexibility index (Phi) is 5.94. The van der Waals surface area contributed by atoms with E-state index in [0.717, 1.165) is 18.7 Å². The number of halogens is 1. The zero-order chi connectivity index (χ0) is 20.9. The summed E-state index contributed by atoms with van der Waals surface area (Å²) in [6.45, 7) is 4.59. The highest BCUT2D eigenvalue weighted by Gasteiger charge is 2.18. The van der Waals surface area contributed by atoms with Crippen molar-refractivity contribution in [1.82, 2.24) is 15.0 Å². The van der Waals surface area contributed by atoms with E-state index in [9.17, 15) is 9.18 Å². The van der Waals surface area contributed by atoms with Crippen LogP contribution in [0.3, 0.4) is 0 Å². The molecule has 154 valence electrons. The summed E-state index contributed by atoms with van der Waals surface area (Å²) >= 11 is 0. The van der Waals surface area contributed by atoms with Crippen LogP contribution in [0.2, 0.25) is 0 Å². The van der Waals surface area contributed by atoms with Crippen LogP contribution in [0.4, 0.5) is 21.7 Å². The molecule has 1 aromatic carbocycles. The predicted octanol–water partition coefficient (Wildman–Crippen LogP) is 3.32. The second-order valence-corrected chi connectivity index (χ2v) is 7.03. The third kappa shape index (κ3) is 4.60. The number of nitrogens with zero attached hydrogens (tertiary/aromatic N) is 4. The predicted molar refractivity (Wildman–Crippen MR) is 112 cm³/mol. The highest BCUT2D eigenvalue weighted by atomic mass is 19.1. The summed E-state index contributed by atoms with van der Waals surface area (Å²) < 4.78 is 18.5. The van der Waals surface area contributed by atoms with Gasteiger partial charge in [-0.3, -0.25) is 9.78 Å². The van der Waals surface area contributed by atoms with Crippen molar-refractivity contribution in [3.8, 4) is 0 Å². The highest BCUT2D eigenvalue weighted by Crippen LogP contribution is 2.22. The summed E-state index contributed by atoms with van der Waals surface area (Å²) in [5.74, 6) is 0.238. The minimum Gasteiger partial charge on any atom is -0.378 e. The summed E-state index contributed by atoms with van der Waals surface area (Å²) in [5.41, 5.74) is 3.35. The monoisotopic (exact) mass is 407 g/mol. The van der Waals surface area contributed by atoms with E-state index in [-0.39, 0.29) is 18.0 Å². The molecule has 0 saturated carbocycles. The fraction of sp³-hybridized carbons (Fsp3) is 0.273. The van der Waals surface area contributed by atoms with E-state index < -0.39 is 0 Å². The Bertz CT molecular complexity index is 1040. The van der Waals surface area contributed by atoms with E-state index in [0.29, 0.717) is 41.8 Å². The van der Waals surface area contributed by atoms with Crippen molar-refractivity contribution in [2.75, 3.05) is 36.5 Å². The van der Waals surface area contributed by atoms with Gasteiger partial charge in [0, 0.05) is 37.6 Å². The molecule has 0 unspecified atom stereocenters. The number of pyridine rings is 1. The fourth-order valence-electron chi connectivity index (χ4n) is 3.29. The molecule has 0 bridgehead atoms. The summed E-state index contributed by atoms with van der Waals surface area (Å²) in [5, 5.41) is 3.19. The number of carbonyl (C=O) groups is 1. The van der Waals surface area contributed by atoms with Crippen molar-refractivity contribution in [3.05, 3.63) is 71.6 Å². The van der Waals surface area contributed by atoms with E-state index in [2.05, 4.69) is 25.2 Å². The first-order chi connectivity index (χ1) is 14.6. The number of rotatable bonds is 6. The number of nitrogens with one attached hydrogen (secondary N) is 1. The van der Waals surface area contributed by atoms with Crippen molar-refractivity contribution < 1.29 is 13.9 Å². The number of Topliss-reactive ketones (excluding diaryl/α,β-unsaturated/α-hetero) is 1. The van der Waals surface area contributed by atoms with Crippen LogP contribution >= 0.6 is 0 Å². The van der Waals surface area contributed by atoms with Gasteiger partial charge < -0.3 is 15.0 Å². The lowest BCUT2D eigenvalue weighted by Crippen LogP contribution is -2.37. The number of morpholine rings is 1. The van der Waals surface area contributed by atoms with Crippen molar-refractivity contribution in [3.63, 3.8) is 0 Å². The average molecular weight is 407 g/mol. The molecule has 4 rings (SSSR count). The molecule has 1 fully saturated rings. The molecular weight excluding hydrogens is 385 g/mol. The normalized spacial score (nSPS) is 13.9. The van der Waals surface area contributed by atoms with Gasteiger partial charge in [0.2, 0.25) is 5.95 Å². The number of anilines is 3. The first-order valence-electron chi connectivity index (χ1n) is 9.75. The number of ether oxygens (including phenoxy) is 1. The van der Waals surface area contributed by atoms with Crippen LogP contribution < -0.4 is 10.2 Å². The Morgan fingerprint density at radius 2 is 1.93 bits per heavy atom. The van der Waals surface area contributed by atoms with Gasteiger partial charge in [0.25, 0.3) is 0 Å². The van der Waals surface area contributed by atoms with Crippen LogP contribution in [0.1, 0.15) is 21.6 Å². The third-order valence-electron chi connectivity index (χ3n) is 4.95. The molecule has 1 aliphatic heterocycles. The molecule has 3 aromatic rings. The van der Waals surface area contributed by atoms with Gasteiger partial charge in [-0.15, -0.1) is 0 Å². The van der Waals surface area contributed by atoms with Crippen molar-refractivity contribution in [2.24, 2.45) is 0 Å². The third-order valence-corrected chi connectivity index (χ3v) is 4.95. The largest absolute Gasteiger partial charge is 0.378 e. The standard InChI is InChI=1S/C22H22FN5O2/c1-15-19(13-25-22(26-15)28-8-10-30-11-9-28)21(29)12-16-6-7-24-14-20(16)27-18-4-2-17(23)3-5-18/h2-7,13-14,27H,8-12H2,1H3. The number of hydrogen-bond donors (Lipinski definition) is 1. The summed E-state index contributed by atoms with van der Waals surface area (Å²) in [6.07, 6.45) is 5.07. The molecule has 2 aromatic heterocycles. The number of hydrogen-bond acceptors (Lipinski definition) is 7. The van der Waals surface area contributed by atoms with Crippen LogP contribution in [0, 0.1) is 12.7 Å². The van der Waals surface area contributed by atoms with Gasteiger partial charge >= 0.3 is 0 Å². The molecule has 0 spiro atoms. The fourth-order valence-corrected chi connectivity index (χ4v) is 3.29. The molecule has 0 atom stereocenters. The van der Waals surface area contributed by atoms with Gasteiger partial charge in [-0.05, 0) is 42.8 Å². The lowest BCUT2D eigenvalue weighted by molar-refractivity contribution is 0.0991. The first kappa shape index (κ1) is 19.9. The van der Waals surface area contributed by atoms with Gasteiger partial charge in [-0.25, -0.2) is 14.4 Å². The minimum absolute atomic E-state index is 0.0746. The molecule has 30 heavy (non-hydrogen) atoms. The summed E-state index contributed by atoms with van der Waals surface area (Å²) in [7, 11) is 0. The number of aromatic nitrogens is 3. The van der Waals surface area contributed by atoms with Crippen molar-refractivity contribution in [2.45, 2.75) is 13.3 Å². The van der Waals surface area contributed by atoms with Crippen LogP contribution in [0.5, 0.6) is 0 Å². The maximum Gasteiger partial charge on any atom is 0.225 e. The Morgan fingerprint density at radius 1 is 1.17 bits per heavy atom. The van der Waals surface area contributed by atoms with Crippen LogP contribution in [0.25, 0.3) is 0 Å². The van der Waals surface area contributed by atoms with E-state index in [1.54, 1.807) is 36.8 Å². The minimum atomic E-state index is -0.307. The van der Waals surface area contributed by atoms with Gasteiger partial charge in [-0.1, -0.05) is 0 Å². The van der Waals surface area contributed by atoms with E-state index in [1.165, 1.54) is 12.1 Å². The van der Waals surface area contributed by atoms with Crippen molar-refractivity contribution in [1.29, 1.82) is 0 Å². The number of ketones is 1. The second kappa shape index (κ2) is 8.96. The lowest BCUT2D eigenvalue weighted by atomic mass is 10.0. The van der Waals surface area contributed by atoms with Crippen LogP contribution in [-0.4, -0.2) is 47.0 Å². The average Bonchev–Trinajstić information content (AvgIpc) is 2.77. The Labute approximate surface area is 174 Å². The summed E-state index contributed by atoms with van der Waals surface area (Å²) in [4.78, 5) is 28.1. The highest BCUT2D eigenvalue weighted by molar-refractivity contribution is 5.99. The van der Waals surface area contributed by atoms with Gasteiger partial charge in [-0.2, -0.15) is 0 Å². The topological polar surface area (TPSA) is 80.2 Å². The number of benzene rings is 1. The van der Waals surface area contributed by atoms with Crippen molar-refractivity contribution >= 4 is 23.1 Å². The molecule has 1 saturated heterocycles. The maximum atomic E-state index is 13.1. The molecule has 0 aliphatic carbocycles. The first-order valence-corrected chi connectivity index (χ1v) is 9.75. The maximum absolute atomic E-state index is 13.1. The summed E-state index contributed by atoms with van der Waals surface area (Å²) in [6, 6.07) is 7.81. The molecule has 0 radical (unpaired) electrons. The second-order valence-electron chi connectivity index (χ2n) is 7.03. The molecule has 7 nitrogen and oxygen atoms in total. The number of carbonyl (C=O) groups excluding carboxylic acids is 1. The van der Waals surface area contributed by atoms with Gasteiger partial charge in [0.15, 0.2) is 5.78 Å². The SMILES string of the molecule is Cc1nc(N2CCOCC2)ncc1C(=O)Cc1ccncc1Nc1ccc(F)cc1. The van der Waals surface area contributed by atoms with Crippen LogP contribution in [-0.2, 0) is 11.2 Å². The quantitative estimate of drug-likeness (QED) is 0.628. The smallest absolute Gasteiger partial charge is 0.225 e. The molecule has 0 amide bonds. The molecule has 1 N–H and O–H groups in total. The van der Waals surface area contributed by atoms with Gasteiger partial charge in [0.1, 0.15) is 5.82 Å². The molecule has 1 aliphatic rings. The van der Waals surface area contributed by atoms with E-state index in [4.69, 9.17) is 4.74 Å². The molecule has 8 heteroatoms. The van der Waals surface area contributed by atoms with E-state index >= 15 is 0 Å². The molecular formula is C22H22FN5O2. The van der Waals surface area contributed by atoms with Crippen LogP contribution in [0.15, 0.2) is 48.9 Å². The molecule has 3 heterocycles. The Hall–Kier alpha value is -3.39. The number of aryl methyl sites for hydroxylation is 1. The van der Waals surface area contributed by atoms with E-state index in [1.807, 2.05) is 6.92 Å². The lowest BCUT2D eigenvalue weighted by Gasteiger charge is -2.27. The Balaban J connectivity index is 1.50. The zero-order valence-electron chi connectivity index (χ0n) is 16.6.